The topological polar surface area (TPSA) is 44.6 Å². The Balaban J connectivity index is 1.59. The van der Waals surface area contributed by atoms with E-state index in [4.69, 9.17) is 0 Å². The number of likely N-dealkylation sites (N-methyl/N-ethyl adjacent to an activating group) is 1. The van der Waals surface area contributed by atoms with Crippen molar-refractivity contribution in [2.75, 3.05) is 46.8 Å². The van der Waals surface area contributed by atoms with Gasteiger partial charge < -0.3 is 9.80 Å². The molecule has 2 heterocycles. The van der Waals surface area contributed by atoms with Gasteiger partial charge in [-0.25, -0.2) is 0 Å². The second-order valence-corrected chi connectivity index (χ2v) is 7.69. The first-order valence-electron chi connectivity index (χ1n) is 9.69. The lowest BCUT2D eigenvalue weighted by Crippen LogP contribution is -2.48. The van der Waals surface area contributed by atoms with Gasteiger partial charge in [-0.3, -0.25) is 14.4 Å². The monoisotopic (exact) mass is 369 g/mol. The molecule has 0 spiro atoms. The highest BCUT2D eigenvalue weighted by molar-refractivity contribution is 5.92. The van der Waals surface area contributed by atoms with Gasteiger partial charge in [0.15, 0.2) is 0 Å². The minimum atomic E-state index is 0.102. The Morgan fingerprint density at radius 2 is 1.81 bits per heavy atom. The van der Waals surface area contributed by atoms with E-state index in [9.17, 15) is 4.79 Å². The Labute approximate surface area is 162 Å². The number of amides is 1. The van der Waals surface area contributed by atoms with Crippen LogP contribution in [0.4, 0.5) is 0 Å². The fourth-order valence-electron chi connectivity index (χ4n) is 3.48. The molecule has 0 unspecified atom stereocenters. The summed E-state index contributed by atoms with van der Waals surface area (Å²) in [5.41, 5.74) is 4.31. The van der Waals surface area contributed by atoms with Crippen LogP contribution in [0, 0.1) is 13.8 Å². The largest absolute Gasteiger partial charge is 0.335 e. The Hall–Kier alpha value is -2.18. The number of aryl methyl sites for hydroxylation is 2. The molecule has 0 saturated carbocycles. The van der Waals surface area contributed by atoms with Gasteiger partial charge in [0, 0.05) is 39.3 Å². The third-order valence-corrected chi connectivity index (χ3v) is 5.19. The summed E-state index contributed by atoms with van der Waals surface area (Å²) < 4.78 is 1.86. The molecular weight excluding hydrogens is 338 g/mol. The minimum absolute atomic E-state index is 0.102. The van der Waals surface area contributed by atoms with Gasteiger partial charge in [-0.05, 0) is 45.1 Å². The first kappa shape index (κ1) is 19.6. The molecule has 1 aromatic carbocycles. The van der Waals surface area contributed by atoms with E-state index in [1.54, 1.807) is 0 Å². The third-order valence-electron chi connectivity index (χ3n) is 5.19. The van der Waals surface area contributed by atoms with Crippen LogP contribution in [0.3, 0.4) is 0 Å². The van der Waals surface area contributed by atoms with E-state index in [1.165, 1.54) is 11.1 Å². The number of carbonyl (C=O) groups is 1. The molecule has 2 aromatic rings. The third kappa shape index (κ3) is 4.96. The van der Waals surface area contributed by atoms with Crippen LogP contribution in [-0.2, 0) is 13.1 Å². The average molecular weight is 370 g/mol. The van der Waals surface area contributed by atoms with Crippen LogP contribution in [-0.4, -0.2) is 77.2 Å². The lowest BCUT2D eigenvalue weighted by Gasteiger charge is -2.35. The maximum absolute atomic E-state index is 13.0. The van der Waals surface area contributed by atoms with Crippen molar-refractivity contribution in [3.8, 4) is 0 Å². The normalized spacial score (nSPS) is 15.5. The molecule has 1 aliphatic heterocycles. The molecular formula is C21H31N5O. The average Bonchev–Trinajstić information content (AvgIpc) is 3.02. The Morgan fingerprint density at radius 3 is 2.48 bits per heavy atom. The number of piperazine rings is 1. The van der Waals surface area contributed by atoms with Crippen molar-refractivity contribution in [2.24, 2.45) is 0 Å². The highest BCUT2D eigenvalue weighted by Crippen LogP contribution is 2.15. The van der Waals surface area contributed by atoms with Crippen LogP contribution in [0.2, 0.25) is 0 Å². The molecule has 1 aromatic heterocycles. The molecule has 0 aliphatic carbocycles. The van der Waals surface area contributed by atoms with Gasteiger partial charge in [0.25, 0.3) is 5.91 Å². The number of carbonyl (C=O) groups excluding carboxylic acids is 1. The highest BCUT2D eigenvalue weighted by atomic mass is 16.2. The molecule has 1 fully saturated rings. The van der Waals surface area contributed by atoms with Gasteiger partial charge in [-0.15, -0.1) is 0 Å². The summed E-state index contributed by atoms with van der Waals surface area (Å²) in [6.45, 7) is 10.0. The van der Waals surface area contributed by atoms with Gasteiger partial charge in [0.05, 0.1) is 12.2 Å². The molecule has 0 radical (unpaired) electrons. The van der Waals surface area contributed by atoms with Gasteiger partial charge >= 0.3 is 0 Å². The summed E-state index contributed by atoms with van der Waals surface area (Å²) in [6.07, 6.45) is 0. The number of nitrogens with zero attached hydrogens (tertiary/aromatic N) is 5. The molecule has 6 nitrogen and oxygen atoms in total. The molecule has 0 atom stereocenters. The lowest BCUT2D eigenvalue weighted by atomic mass is 10.1. The van der Waals surface area contributed by atoms with E-state index in [0.717, 1.165) is 51.5 Å². The van der Waals surface area contributed by atoms with Crippen molar-refractivity contribution in [1.29, 1.82) is 0 Å². The van der Waals surface area contributed by atoms with E-state index < -0.39 is 0 Å². The Kier molecular flexibility index (Phi) is 6.29. The molecule has 0 bridgehead atoms. The van der Waals surface area contributed by atoms with Crippen molar-refractivity contribution < 1.29 is 4.79 Å². The van der Waals surface area contributed by atoms with Crippen molar-refractivity contribution in [1.82, 2.24) is 24.5 Å². The van der Waals surface area contributed by atoms with Crippen LogP contribution in [0.1, 0.15) is 27.3 Å². The number of aromatic nitrogens is 2. The standard InChI is InChI=1S/C21H31N5O/c1-17-7-5-6-8-19(17)16-24-10-12-25(13-11-24)21(27)20-15-18(2)22-26(20)14-9-23(3)4/h5-8,15H,9-14,16H2,1-4H3. The summed E-state index contributed by atoms with van der Waals surface area (Å²) in [4.78, 5) is 19.5. The second-order valence-electron chi connectivity index (χ2n) is 7.69. The van der Waals surface area contributed by atoms with Crippen molar-refractivity contribution >= 4 is 5.91 Å². The van der Waals surface area contributed by atoms with E-state index in [0.29, 0.717) is 5.69 Å². The number of rotatable bonds is 6. The van der Waals surface area contributed by atoms with Gasteiger partial charge in [-0.1, -0.05) is 24.3 Å². The SMILES string of the molecule is Cc1cc(C(=O)N2CCN(Cc3ccccc3C)CC2)n(CCN(C)C)n1. The highest BCUT2D eigenvalue weighted by Gasteiger charge is 2.25. The maximum atomic E-state index is 13.0. The van der Waals surface area contributed by atoms with Gasteiger partial charge in [0.2, 0.25) is 0 Å². The Morgan fingerprint density at radius 1 is 1.11 bits per heavy atom. The predicted octanol–water partition coefficient (Wildman–Crippen LogP) is 2.02. The second kappa shape index (κ2) is 8.67. The number of benzene rings is 1. The molecule has 27 heavy (non-hydrogen) atoms. The Bertz CT molecular complexity index is 775. The fourth-order valence-corrected chi connectivity index (χ4v) is 3.48. The summed E-state index contributed by atoms with van der Waals surface area (Å²) >= 11 is 0. The summed E-state index contributed by atoms with van der Waals surface area (Å²) in [6, 6.07) is 10.4. The maximum Gasteiger partial charge on any atom is 0.272 e. The van der Waals surface area contributed by atoms with Crippen LogP contribution in [0.5, 0.6) is 0 Å². The molecule has 6 heteroatoms. The zero-order valence-corrected chi connectivity index (χ0v) is 17.0. The first-order valence-corrected chi connectivity index (χ1v) is 9.69. The van der Waals surface area contributed by atoms with E-state index in [-0.39, 0.29) is 5.91 Å². The fraction of sp³-hybridized carbons (Fsp3) is 0.524. The molecule has 0 N–H and O–H groups in total. The first-order chi connectivity index (χ1) is 12.9. The van der Waals surface area contributed by atoms with Crippen molar-refractivity contribution in [3.63, 3.8) is 0 Å². The summed E-state index contributed by atoms with van der Waals surface area (Å²) in [7, 11) is 4.07. The quantitative estimate of drug-likeness (QED) is 0.781. The van der Waals surface area contributed by atoms with Crippen LogP contribution in [0.15, 0.2) is 30.3 Å². The molecule has 1 saturated heterocycles. The summed E-state index contributed by atoms with van der Waals surface area (Å²) in [5, 5.41) is 4.51. The van der Waals surface area contributed by atoms with Gasteiger partial charge in [0.1, 0.15) is 5.69 Å². The minimum Gasteiger partial charge on any atom is -0.335 e. The molecule has 146 valence electrons. The molecule has 1 amide bonds. The zero-order chi connectivity index (χ0) is 19.4. The van der Waals surface area contributed by atoms with E-state index in [2.05, 4.69) is 46.1 Å². The van der Waals surface area contributed by atoms with Crippen LogP contribution in [0.25, 0.3) is 0 Å². The van der Waals surface area contributed by atoms with Crippen molar-refractivity contribution in [2.45, 2.75) is 26.9 Å². The molecule has 3 rings (SSSR count). The van der Waals surface area contributed by atoms with Gasteiger partial charge in [-0.2, -0.15) is 5.10 Å². The lowest BCUT2D eigenvalue weighted by molar-refractivity contribution is 0.0615. The summed E-state index contributed by atoms with van der Waals surface area (Å²) in [5.74, 6) is 0.102. The smallest absolute Gasteiger partial charge is 0.272 e. The number of hydrogen-bond donors (Lipinski definition) is 0. The van der Waals surface area contributed by atoms with Crippen molar-refractivity contribution in [3.05, 3.63) is 52.8 Å². The van der Waals surface area contributed by atoms with Crippen LogP contribution < -0.4 is 0 Å². The van der Waals surface area contributed by atoms with Crippen LogP contribution >= 0.6 is 0 Å². The zero-order valence-electron chi connectivity index (χ0n) is 17.0. The van der Waals surface area contributed by atoms with E-state index in [1.807, 2.05) is 36.7 Å². The number of hydrogen-bond acceptors (Lipinski definition) is 4. The predicted molar refractivity (Wildman–Crippen MR) is 108 cm³/mol. The van der Waals surface area contributed by atoms with E-state index >= 15 is 0 Å². The molecule has 1 aliphatic rings.